The van der Waals surface area contributed by atoms with E-state index in [-0.39, 0.29) is 43.0 Å². The number of fused-ring (bicyclic) bond motifs is 1. The Labute approximate surface area is 152 Å². The van der Waals surface area contributed by atoms with E-state index in [0.29, 0.717) is 6.54 Å². The Bertz CT molecular complexity index is 822. The SMILES string of the molecule is CC(=O)N1CC(=O)N2[C@H](C1)[C@H](c1ccc(-c3ccncc3)cc1)[C@@H]2CO. The summed E-state index contributed by atoms with van der Waals surface area (Å²) in [6.07, 6.45) is 3.53. The lowest BCUT2D eigenvalue weighted by atomic mass is 9.73. The van der Waals surface area contributed by atoms with Gasteiger partial charge in [-0.05, 0) is 28.8 Å². The molecule has 0 bridgehead atoms. The van der Waals surface area contributed by atoms with Gasteiger partial charge in [-0.15, -0.1) is 0 Å². The molecule has 3 atom stereocenters. The van der Waals surface area contributed by atoms with Crippen LogP contribution in [0.1, 0.15) is 18.4 Å². The first-order valence-electron chi connectivity index (χ1n) is 8.78. The molecule has 2 aromatic rings. The Morgan fingerprint density at radius 3 is 2.42 bits per heavy atom. The van der Waals surface area contributed by atoms with Crippen LogP contribution in [-0.4, -0.2) is 63.5 Å². The minimum Gasteiger partial charge on any atom is -0.394 e. The summed E-state index contributed by atoms with van der Waals surface area (Å²) in [6.45, 7) is 2.05. The van der Waals surface area contributed by atoms with E-state index in [2.05, 4.69) is 29.2 Å². The molecule has 0 aliphatic carbocycles. The van der Waals surface area contributed by atoms with Gasteiger partial charge in [0, 0.05) is 31.8 Å². The van der Waals surface area contributed by atoms with E-state index >= 15 is 0 Å². The van der Waals surface area contributed by atoms with E-state index in [1.165, 1.54) is 6.92 Å². The highest BCUT2D eigenvalue weighted by Gasteiger charge is 2.54. The molecule has 1 N–H and O–H groups in total. The summed E-state index contributed by atoms with van der Waals surface area (Å²) in [6, 6.07) is 11.8. The van der Waals surface area contributed by atoms with E-state index in [1.54, 1.807) is 22.2 Å². The zero-order valence-corrected chi connectivity index (χ0v) is 14.6. The molecule has 134 valence electrons. The summed E-state index contributed by atoms with van der Waals surface area (Å²) >= 11 is 0. The first-order valence-corrected chi connectivity index (χ1v) is 8.78. The minimum absolute atomic E-state index is 0.0394. The molecule has 0 radical (unpaired) electrons. The second kappa shape index (κ2) is 6.53. The molecule has 6 heteroatoms. The molecule has 0 spiro atoms. The molecular formula is C20H21N3O3. The van der Waals surface area contributed by atoms with Gasteiger partial charge in [-0.2, -0.15) is 0 Å². The van der Waals surface area contributed by atoms with Crippen LogP contribution in [0.3, 0.4) is 0 Å². The number of aromatic nitrogens is 1. The topological polar surface area (TPSA) is 73.7 Å². The molecule has 2 fully saturated rings. The molecule has 1 aromatic heterocycles. The zero-order valence-electron chi connectivity index (χ0n) is 14.6. The highest BCUT2D eigenvalue weighted by atomic mass is 16.3. The van der Waals surface area contributed by atoms with Crippen molar-refractivity contribution in [3.8, 4) is 11.1 Å². The van der Waals surface area contributed by atoms with Gasteiger partial charge in [0.15, 0.2) is 0 Å². The molecule has 0 saturated carbocycles. The largest absolute Gasteiger partial charge is 0.394 e. The average Bonchev–Trinajstić information content (AvgIpc) is 2.64. The predicted octanol–water partition coefficient (Wildman–Crippen LogP) is 1.27. The number of nitrogens with zero attached hydrogens (tertiary/aromatic N) is 3. The molecule has 2 aliphatic heterocycles. The van der Waals surface area contributed by atoms with Crippen LogP contribution in [-0.2, 0) is 9.59 Å². The predicted molar refractivity (Wildman–Crippen MR) is 96.2 cm³/mol. The van der Waals surface area contributed by atoms with E-state index in [9.17, 15) is 14.7 Å². The molecule has 2 amide bonds. The van der Waals surface area contributed by atoms with Crippen molar-refractivity contribution < 1.29 is 14.7 Å². The van der Waals surface area contributed by atoms with Crippen LogP contribution in [0.25, 0.3) is 11.1 Å². The van der Waals surface area contributed by atoms with E-state index in [1.807, 2.05) is 12.1 Å². The molecule has 1 aromatic carbocycles. The number of amides is 2. The molecule has 2 saturated heterocycles. The normalized spacial score (nSPS) is 24.8. The number of benzene rings is 1. The molecule has 2 aliphatic rings. The van der Waals surface area contributed by atoms with E-state index < -0.39 is 0 Å². The number of carbonyl (C=O) groups is 2. The average molecular weight is 351 g/mol. The third-order valence-corrected chi connectivity index (χ3v) is 5.51. The van der Waals surface area contributed by atoms with Crippen LogP contribution >= 0.6 is 0 Å². The van der Waals surface area contributed by atoms with Gasteiger partial charge < -0.3 is 14.9 Å². The molecule has 3 heterocycles. The van der Waals surface area contributed by atoms with Crippen molar-refractivity contribution in [2.75, 3.05) is 19.7 Å². The van der Waals surface area contributed by atoms with Crippen molar-refractivity contribution in [1.82, 2.24) is 14.8 Å². The van der Waals surface area contributed by atoms with Crippen molar-refractivity contribution in [1.29, 1.82) is 0 Å². The van der Waals surface area contributed by atoms with Crippen molar-refractivity contribution in [2.24, 2.45) is 0 Å². The fourth-order valence-corrected chi connectivity index (χ4v) is 4.18. The van der Waals surface area contributed by atoms with Gasteiger partial charge in [0.1, 0.15) is 0 Å². The molecule has 0 unspecified atom stereocenters. The van der Waals surface area contributed by atoms with Crippen LogP contribution in [0.5, 0.6) is 0 Å². The van der Waals surface area contributed by atoms with Gasteiger partial charge in [-0.3, -0.25) is 14.6 Å². The number of piperazine rings is 1. The number of aliphatic hydroxyl groups is 1. The van der Waals surface area contributed by atoms with Crippen LogP contribution in [0, 0.1) is 0 Å². The van der Waals surface area contributed by atoms with E-state index in [4.69, 9.17) is 0 Å². The molecule has 4 rings (SSSR count). The number of rotatable bonds is 3. The van der Waals surface area contributed by atoms with Gasteiger partial charge in [-0.1, -0.05) is 24.3 Å². The van der Waals surface area contributed by atoms with Gasteiger partial charge in [0.25, 0.3) is 0 Å². The quantitative estimate of drug-likeness (QED) is 0.904. The van der Waals surface area contributed by atoms with Crippen molar-refractivity contribution >= 4 is 11.8 Å². The van der Waals surface area contributed by atoms with Gasteiger partial charge >= 0.3 is 0 Å². The maximum atomic E-state index is 12.4. The summed E-state index contributed by atoms with van der Waals surface area (Å²) < 4.78 is 0. The fraction of sp³-hybridized carbons (Fsp3) is 0.350. The Morgan fingerprint density at radius 1 is 1.15 bits per heavy atom. The molecular weight excluding hydrogens is 330 g/mol. The molecule has 26 heavy (non-hydrogen) atoms. The van der Waals surface area contributed by atoms with Crippen LogP contribution in [0.4, 0.5) is 0 Å². The minimum atomic E-state index is -0.214. The summed E-state index contributed by atoms with van der Waals surface area (Å²) in [5.74, 6) is -0.130. The Hall–Kier alpha value is -2.73. The Balaban J connectivity index is 1.60. The van der Waals surface area contributed by atoms with Crippen molar-refractivity contribution in [3.05, 3.63) is 54.4 Å². The monoisotopic (exact) mass is 351 g/mol. The lowest BCUT2D eigenvalue weighted by Gasteiger charge is -2.58. The van der Waals surface area contributed by atoms with Gasteiger partial charge in [0.2, 0.25) is 11.8 Å². The summed E-state index contributed by atoms with van der Waals surface area (Å²) in [5, 5.41) is 9.80. The van der Waals surface area contributed by atoms with Gasteiger partial charge in [0.05, 0.1) is 25.2 Å². The van der Waals surface area contributed by atoms with Crippen LogP contribution in [0.2, 0.25) is 0 Å². The number of carbonyl (C=O) groups excluding carboxylic acids is 2. The zero-order chi connectivity index (χ0) is 18.3. The number of hydrogen-bond donors (Lipinski definition) is 1. The maximum absolute atomic E-state index is 12.4. The molecule has 6 nitrogen and oxygen atoms in total. The van der Waals surface area contributed by atoms with Crippen molar-refractivity contribution in [2.45, 2.75) is 24.9 Å². The summed E-state index contributed by atoms with van der Waals surface area (Å²) in [4.78, 5) is 31.5. The van der Waals surface area contributed by atoms with Crippen LogP contribution < -0.4 is 0 Å². The standard InChI is InChI=1S/C20H21N3O3/c1-13(25)22-10-17-20(18(12-24)23(17)19(26)11-22)16-4-2-14(3-5-16)15-6-8-21-9-7-15/h2-9,17-18,20,24H,10-12H2,1H3/t17-,18+,20+/m1/s1. The lowest BCUT2D eigenvalue weighted by molar-refractivity contribution is -0.166. The second-order valence-electron chi connectivity index (χ2n) is 6.90. The number of pyridine rings is 1. The van der Waals surface area contributed by atoms with Gasteiger partial charge in [-0.25, -0.2) is 0 Å². The lowest BCUT2D eigenvalue weighted by Crippen LogP contribution is -2.73. The Morgan fingerprint density at radius 2 is 1.81 bits per heavy atom. The van der Waals surface area contributed by atoms with E-state index in [0.717, 1.165) is 16.7 Å². The summed E-state index contributed by atoms with van der Waals surface area (Å²) in [5.41, 5.74) is 3.27. The summed E-state index contributed by atoms with van der Waals surface area (Å²) in [7, 11) is 0. The highest BCUT2D eigenvalue weighted by Crippen LogP contribution is 2.43. The second-order valence-corrected chi connectivity index (χ2v) is 6.90. The first-order chi connectivity index (χ1) is 12.6. The number of aliphatic hydroxyl groups excluding tert-OH is 1. The Kier molecular flexibility index (Phi) is 4.20. The fourth-order valence-electron chi connectivity index (χ4n) is 4.18. The van der Waals surface area contributed by atoms with Crippen molar-refractivity contribution in [3.63, 3.8) is 0 Å². The highest BCUT2D eigenvalue weighted by molar-refractivity contribution is 5.87. The maximum Gasteiger partial charge on any atom is 0.242 e. The smallest absolute Gasteiger partial charge is 0.242 e. The third kappa shape index (κ3) is 2.66. The number of hydrogen-bond acceptors (Lipinski definition) is 4. The first kappa shape index (κ1) is 16.7. The van der Waals surface area contributed by atoms with Crippen LogP contribution in [0.15, 0.2) is 48.8 Å². The third-order valence-electron chi connectivity index (χ3n) is 5.51.